The van der Waals surface area contributed by atoms with Crippen molar-refractivity contribution in [1.82, 2.24) is 0 Å². The van der Waals surface area contributed by atoms with Crippen molar-refractivity contribution in [2.75, 3.05) is 0 Å². The van der Waals surface area contributed by atoms with Gasteiger partial charge in [-0.1, -0.05) is 29.8 Å². The summed E-state index contributed by atoms with van der Waals surface area (Å²) < 4.78 is 5.78. The van der Waals surface area contributed by atoms with E-state index in [1.165, 1.54) is 22.3 Å². The quantitative estimate of drug-likeness (QED) is 0.771. The lowest BCUT2D eigenvalue weighted by Gasteiger charge is -2.13. The van der Waals surface area contributed by atoms with Crippen LogP contribution in [0.3, 0.4) is 0 Å². The van der Waals surface area contributed by atoms with Crippen molar-refractivity contribution in [3.63, 3.8) is 0 Å². The Balaban J connectivity index is 2.21. The van der Waals surface area contributed by atoms with Crippen LogP contribution >= 0.6 is 0 Å². The summed E-state index contributed by atoms with van der Waals surface area (Å²) in [7, 11) is 0. The average molecular weight is 254 g/mol. The van der Waals surface area contributed by atoms with Crippen molar-refractivity contribution in [3.8, 4) is 5.75 Å². The zero-order chi connectivity index (χ0) is 13.8. The molecule has 0 spiro atoms. The number of carbonyl (C=O) groups excluding carboxylic acids is 1. The highest BCUT2D eigenvalue weighted by Crippen LogP contribution is 2.21. The van der Waals surface area contributed by atoms with Crippen molar-refractivity contribution < 1.29 is 9.53 Å². The summed E-state index contributed by atoms with van der Waals surface area (Å²) in [6.07, 6.45) is 0.824. The van der Waals surface area contributed by atoms with E-state index in [1.54, 1.807) is 6.07 Å². The highest BCUT2D eigenvalue weighted by atomic mass is 16.5. The van der Waals surface area contributed by atoms with Crippen LogP contribution < -0.4 is 4.74 Å². The van der Waals surface area contributed by atoms with E-state index < -0.39 is 0 Å². The highest BCUT2D eigenvalue weighted by Gasteiger charge is 2.07. The SMILES string of the molecule is Cc1cc(C)c(COc2ccccc2C=O)c(C)c1. The van der Waals surface area contributed by atoms with Gasteiger partial charge in [0.1, 0.15) is 12.4 Å². The first-order valence-corrected chi connectivity index (χ1v) is 6.35. The van der Waals surface area contributed by atoms with Crippen LogP contribution in [0.1, 0.15) is 32.6 Å². The summed E-state index contributed by atoms with van der Waals surface area (Å²) in [5, 5.41) is 0. The van der Waals surface area contributed by atoms with Crippen LogP contribution in [0, 0.1) is 20.8 Å². The van der Waals surface area contributed by atoms with Gasteiger partial charge in [-0.2, -0.15) is 0 Å². The van der Waals surface area contributed by atoms with Crippen LogP contribution in [-0.4, -0.2) is 6.29 Å². The Morgan fingerprint density at radius 1 is 1.05 bits per heavy atom. The van der Waals surface area contributed by atoms with E-state index in [9.17, 15) is 4.79 Å². The number of aldehydes is 1. The molecule has 0 N–H and O–H groups in total. The Morgan fingerprint density at radius 3 is 2.32 bits per heavy atom. The summed E-state index contributed by atoms with van der Waals surface area (Å²) in [5.74, 6) is 0.636. The molecular weight excluding hydrogens is 236 g/mol. The van der Waals surface area contributed by atoms with Gasteiger partial charge in [0.05, 0.1) is 5.56 Å². The molecule has 2 rings (SSSR count). The molecule has 0 aliphatic rings. The maximum Gasteiger partial charge on any atom is 0.153 e. The first-order chi connectivity index (χ1) is 9.11. The minimum absolute atomic E-state index is 0.489. The fourth-order valence-electron chi connectivity index (χ4n) is 2.30. The summed E-state index contributed by atoms with van der Waals surface area (Å²) >= 11 is 0. The molecule has 2 aromatic carbocycles. The van der Waals surface area contributed by atoms with Gasteiger partial charge in [-0.05, 0) is 49.6 Å². The number of hydrogen-bond donors (Lipinski definition) is 0. The normalized spacial score (nSPS) is 10.3. The lowest BCUT2D eigenvalue weighted by atomic mass is 10.0. The molecule has 0 saturated heterocycles. The van der Waals surface area contributed by atoms with E-state index in [-0.39, 0.29) is 0 Å². The number of hydrogen-bond acceptors (Lipinski definition) is 2. The second-order valence-electron chi connectivity index (χ2n) is 4.82. The standard InChI is InChI=1S/C17H18O2/c1-12-8-13(2)16(14(3)9-12)11-19-17-7-5-4-6-15(17)10-18/h4-10H,11H2,1-3H3. The smallest absolute Gasteiger partial charge is 0.153 e. The minimum Gasteiger partial charge on any atom is -0.488 e. The monoisotopic (exact) mass is 254 g/mol. The van der Waals surface area contributed by atoms with Gasteiger partial charge < -0.3 is 4.74 Å². The molecule has 2 heteroatoms. The fraction of sp³-hybridized carbons (Fsp3) is 0.235. The van der Waals surface area contributed by atoms with E-state index in [2.05, 4.69) is 32.9 Å². The van der Waals surface area contributed by atoms with Crippen molar-refractivity contribution >= 4 is 6.29 Å². The zero-order valence-electron chi connectivity index (χ0n) is 11.6. The van der Waals surface area contributed by atoms with E-state index in [0.29, 0.717) is 17.9 Å². The van der Waals surface area contributed by atoms with Crippen LogP contribution in [0.25, 0.3) is 0 Å². The molecule has 0 amide bonds. The third-order valence-electron chi connectivity index (χ3n) is 3.26. The van der Waals surface area contributed by atoms with E-state index in [4.69, 9.17) is 4.74 Å². The molecule has 0 bridgehead atoms. The molecule has 19 heavy (non-hydrogen) atoms. The Kier molecular flexibility index (Phi) is 4.00. The summed E-state index contributed by atoms with van der Waals surface area (Å²) in [4.78, 5) is 10.9. The maximum atomic E-state index is 10.9. The lowest BCUT2D eigenvalue weighted by molar-refractivity contribution is 0.111. The largest absolute Gasteiger partial charge is 0.488 e. The topological polar surface area (TPSA) is 26.3 Å². The molecular formula is C17H18O2. The Labute approximate surface area is 114 Å². The Morgan fingerprint density at radius 2 is 1.68 bits per heavy atom. The number of rotatable bonds is 4. The Bertz CT molecular complexity index is 577. The minimum atomic E-state index is 0.489. The number of benzene rings is 2. The van der Waals surface area contributed by atoms with Gasteiger partial charge in [0.25, 0.3) is 0 Å². The second-order valence-corrected chi connectivity index (χ2v) is 4.82. The molecule has 0 aromatic heterocycles. The maximum absolute atomic E-state index is 10.9. The predicted molar refractivity (Wildman–Crippen MR) is 76.8 cm³/mol. The van der Waals surface area contributed by atoms with Crippen LogP contribution in [0.5, 0.6) is 5.75 Å². The first-order valence-electron chi connectivity index (χ1n) is 6.35. The average Bonchev–Trinajstić information content (AvgIpc) is 2.38. The van der Waals surface area contributed by atoms with Gasteiger partial charge in [0.15, 0.2) is 6.29 Å². The predicted octanol–water partition coefficient (Wildman–Crippen LogP) is 4.00. The van der Waals surface area contributed by atoms with Crippen molar-refractivity contribution in [2.45, 2.75) is 27.4 Å². The van der Waals surface area contributed by atoms with Crippen LogP contribution in [0.2, 0.25) is 0 Å². The molecule has 0 aliphatic carbocycles. The molecule has 0 atom stereocenters. The third kappa shape index (κ3) is 3.02. The van der Waals surface area contributed by atoms with Gasteiger partial charge >= 0.3 is 0 Å². The number of ether oxygens (including phenoxy) is 1. The summed E-state index contributed by atoms with van der Waals surface area (Å²) in [6.45, 7) is 6.75. The molecule has 98 valence electrons. The molecule has 0 fully saturated rings. The zero-order valence-corrected chi connectivity index (χ0v) is 11.6. The second kappa shape index (κ2) is 5.70. The molecule has 0 radical (unpaired) electrons. The van der Waals surface area contributed by atoms with E-state index in [0.717, 1.165) is 6.29 Å². The number of carbonyl (C=O) groups is 1. The fourth-order valence-corrected chi connectivity index (χ4v) is 2.30. The van der Waals surface area contributed by atoms with Gasteiger partial charge in [-0.3, -0.25) is 4.79 Å². The first kappa shape index (κ1) is 13.3. The molecule has 0 saturated carbocycles. The van der Waals surface area contributed by atoms with Crippen molar-refractivity contribution in [1.29, 1.82) is 0 Å². The number of aryl methyl sites for hydroxylation is 3. The van der Waals surface area contributed by atoms with Crippen molar-refractivity contribution in [3.05, 3.63) is 64.2 Å². The molecule has 2 aromatic rings. The molecule has 0 unspecified atom stereocenters. The summed E-state index contributed by atoms with van der Waals surface area (Å²) in [6, 6.07) is 11.6. The van der Waals surface area contributed by atoms with Gasteiger partial charge in [0.2, 0.25) is 0 Å². The highest BCUT2D eigenvalue weighted by molar-refractivity contribution is 5.79. The summed E-state index contributed by atoms with van der Waals surface area (Å²) in [5.41, 5.74) is 5.48. The molecule has 0 heterocycles. The Hall–Kier alpha value is -2.09. The van der Waals surface area contributed by atoms with Crippen LogP contribution in [-0.2, 0) is 6.61 Å². The van der Waals surface area contributed by atoms with Crippen LogP contribution in [0.4, 0.5) is 0 Å². The lowest BCUT2D eigenvalue weighted by Crippen LogP contribution is -2.02. The number of para-hydroxylation sites is 1. The van der Waals surface area contributed by atoms with Gasteiger partial charge in [-0.15, -0.1) is 0 Å². The van der Waals surface area contributed by atoms with Gasteiger partial charge in [0, 0.05) is 0 Å². The van der Waals surface area contributed by atoms with Gasteiger partial charge in [-0.25, -0.2) is 0 Å². The van der Waals surface area contributed by atoms with Crippen LogP contribution in [0.15, 0.2) is 36.4 Å². The van der Waals surface area contributed by atoms with E-state index in [1.807, 2.05) is 18.2 Å². The van der Waals surface area contributed by atoms with E-state index >= 15 is 0 Å². The molecule has 0 aliphatic heterocycles. The molecule has 2 nitrogen and oxygen atoms in total. The third-order valence-corrected chi connectivity index (χ3v) is 3.26. The van der Waals surface area contributed by atoms with Crippen molar-refractivity contribution in [2.24, 2.45) is 0 Å².